The molecule has 0 spiro atoms. The van der Waals surface area contributed by atoms with Crippen molar-refractivity contribution in [1.82, 2.24) is 5.32 Å². The van der Waals surface area contributed by atoms with Gasteiger partial charge >= 0.3 is 0 Å². The Morgan fingerprint density at radius 1 is 1.58 bits per heavy atom. The molecule has 0 saturated heterocycles. The highest BCUT2D eigenvalue weighted by Gasteiger charge is 2.30. The van der Waals surface area contributed by atoms with Gasteiger partial charge in [0.15, 0.2) is 5.84 Å². The number of nitrogens with zero attached hydrogens (tertiary/aromatic N) is 1. The van der Waals surface area contributed by atoms with Crippen LogP contribution in [0.15, 0.2) is 23.4 Å². The molecule has 1 rings (SSSR count). The zero-order valence-corrected chi connectivity index (χ0v) is 10.6. The van der Waals surface area contributed by atoms with Crippen molar-refractivity contribution in [1.29, 1.82) is 0 Å². The van der Waals surface area contributed by atoms with E-state index in [0.29, 0.717) is 6.42 Å². The number of oxime groups is 1. The first-order chi connectivity index (χ1) is 8.84. The lowest BCUT2D eigenvalue weighted by Crippen LogP contribution is -2.55. The summed E-state index contributed by atoms with van der Waals surface area (Å²) >= 11 is 0. The third-order valence-electron chi connectivity index (χ3n) is 2.97. The van der Waals surface area contributed by atoms with Crippen molar-refractivity contribution >= 4 is 11.7 Å². The fourth-order valence-corrected chi connectivity index (χ4v) is 1.45. The van der Waals surface area contributed by atoms with Crippen LogP contribution in [0.25, 0.3) is 0 Å². The standard InChI is InChI=1S/C12H16FN3O3/c1-3-12(2,11(14)16-19)15-10(18)8-5-4-7(17)6-9(8)13/h4-6,17,19H,3H2,1-2H3,(H2,14,16)(H,15,18). The van der Waals surface area contributed by atoms with Crippen molar-refractivity contribution in [2.45, 2.75) is 25.8 Å². The number of phenols is 1. The van der Waals surface area contributed by atoms with Gasteiger partial charge in [-0.3, -0.25) is 4.79 Å². The van der Waals surface area contributed by atoms with Gasteiger partial charge in [-0.05, 0) is 25.5 Å². The van der Waals surface area contributed by atoms with Crippen molar-refractivity contribution in [3.8, 4) is 5.75 Å². The summed E-state index contributed by atoms with van der Waals surface area (Å²) in [5, 5.41) is 23.1. The van der Waals surface area contributed by atoms with Crippen LogP contribution in [0.4, 0.5) is 4.39 Å². The maximum Gasteiger partial charge on any atom is 0.255 e. The molecule has 1 aromatic carbocycles. The zero-order valence-electron chi connectivity index (χ0n) is 10.6. The fourth-order valence-electron chi connectivity index (χ4n) is 1.45. The molecule has 1 aromatic rings. The number of hydrogen-bond donors (Lipinski definition) is 4. The largest absolute Gasteiger partial charge is 0.508 e. The molecule has 0 aliphatic heterocycles. The Labute approximate surface area is 109 Å². The summed E-state index contributed by atoms with van der Waals surface area (Å²) in [7, 11) is 0. The van der Waals surface area contributed by atoms with E-state index in [0.717, 1.165) is 12.1 Å². The normalized spacial score (nSPS) is 14.8. The van der Waals surface area contributed by atoms with Gasteiger partial charge in [0.1, 0.15) is 11.6 Å². The lowest BCUT2D eigenvalue weighted by molar-refractivity contribution is 0.0921. The van der Waals surface area contributed by atoms with Crippen molar-refractivity contribution in [3.63, 3.8) is 0 Å². The molecule has 0 fully saturated rings. The average molecular weight is 269 g/mol. The summed E-state index contributed by atoms with van der Waals surface area (Å²) in [6.07, 6.45) is 0.355. The predicted molar refractivity (Wildman–Crippen MR) is 67.6 cm³/mol. The molecule has 5 N–H and O–H groups in total. The molecular formula is C12H16FN3O3. The molecule has 6 nitrogen and oxygen atoms in total. The summed E-state index contributed by atoms with van der Waals surface area (Å²) in [5.74, 6) is -2.02. The Morgan fingerprint density at radius 3 is 2.68 bits per heavy atom. The van der Waals surface area contributed by atoms with E-state index < -0.39 is 17.3 Å². The zero-order chi connectivity index (χ0) is 14.6. The number of halogens is 1. The van der Waals surface area contributed by atoms with Gasteiger partial charge in [0.05, 0.1) is 11.1 Å². The number of aromatic hydroxyl groups is 1. The fraction of sp³-hybridized carbons (Fsp3) is 0.333. The molecule has 1 amide bonds. The molecule has 0 radical (unpaired) electrons. The first kappa shape index (κ1) is 14.7. The van der Waals surface area contributed by atoms with Gasteiger partial charge in [0, 0.05) is 6.07 Å². The lowest BCUT2D eigenvalue weighted by atomic mass is 9.96. The van der Waals surface area contributed by atoms with Gasteiger partial charge in [-0.1, -0.05) is 12.1 Å². The van der Waals surface area contributed by atoms with Crippen LogP contribution in [0.5, 0.6) is 5.75 Å². The van der Waals surface area contributed by atoms with Crippen LogP contribution >= 0.6 is 0 Å². The monoisotopic (exact) mass is 269 g/mol. The van der Waals surface area contributed by atoms with Crippen molar-refractivity contribution in [2.24, 2.45) is 10.9 Å². The number of amides is 1. The molecule has 1 atom stereocenters. The highest BCUT2D eigenvalue weighted by atomic mass is 19.1. The van der Waals surface area contributed by atoms with Crippen molar-refractivity contribution < 1.29 is 19.5 Å². The topological polar surface area (TPSA) is 108 Å². The third-order valence-corrected chi connectivity index (χ3v) is 2.97. The van der Waals surface area contributed by atoms with Crippen LogP contribution < -0.4 is 11.1 Å². The maximum absolute atomic E-state index is 13.5. The van der Waals surface area contributed by atoms with E-state index in [9.17, 15) is 9.18 Å². The van der Waals surface area contributed by atoms with Gasteiger partial charge in [0.25, 0.3) is 5.91 Å². The summed E-state index contributed by atoms with van der Waals surface area (Å²) < 4.78 is 13.5. The quantitative estimate of drug-likeness (QED) is 0.285. The van der Waals surface area contributed by atoms with Crippen LogP contribution in [0.1, 0.15) is 30.6 Å². The average Bonchev–Trinajstić information content (AvgIpc) is 2.37. The van der Waals surface area contributed by atoms with Crippen LogP contribution in [-0.4, -0.2) is 27.6 Å². The van der Waals surface area contributed by atoms with Crippen molar-refractivity contribution in [2.75, 3.05) is 0 Å². The predicted octanol–water partition coefficient (Wildman–Crippen LogP) is 1.18. The lowest BCUT2D eigenvalue weighted by Gasteiger charge is -2.28. The maximum atomic E-state index is 13.5. The minimum absolute atomic E-state index is 0.178. The van der Waals surface area contributed by atoms with Crippen LogP contribution in [0, 0.1) is 5.82 Å². The number of carbonyl (C=O) groups excluding carboxylic acids is 1. The molecule has 19 heavy (non-hydrogen) atoms. The van der Waals surface area contributed by atoms with E-state index in [2.05, 4.69) is 10.5 Å². The SMILES string of the molecule is CCC(C)(NC(=O)c1ccc(O)cc1F)/C(N)=N/O. The minimum Gasteiger partial charge on any atom is -0.508 e. The number of phenolic OH excluding ortho intramolecular Hbond substituents is 1. The first-order valence-electron chi connectivity index (χ1n) is 5.63. The molecular weight excluding hydrogens is 253 g/mol. The van der Waals surface area contributed by atoms with Crippen LogP contribution in [0.3, 0.4) is 0 Å². The van der Waals surface area contributed by atoms with Gasteiger partial charge in [-0.15, -0.1) is 0 Å². The Balaban J connectivity index is 3.02. The summed E-state index contributed by atoms with van der Waals surface area (Å²) in [5.41, 5.74) is 4.18. The van der Waals surface area contributed by atoms with Crippen LogP contribution in [0.2, 0.25) is 0 Å². The number of amidine groups is 1. The van der Waals surface area contributed by atoms with E-state index >= 15 is 0 Å². The van der Waals surface area contributed by atoms with E-state index in [1.807, 2.05) is 0 Å². The molecule has 104 valence electrons. The Hall–Kier alpha value is -2.31. The summed E-state index contributed by atoms with van der Waals surface area (Å²) in [6.45, 7) is 3.28. The van der Waals surface area contributed by atoms with Gasteiger partial charge in [0.2, 0.25) is 0 Å². The smallest absolute Gasteiger partial charge is 0.255 e. The number of benzene rings is 1. The highest BCUT2D eigenvalue weighted by molar-refractivity contribution is 6.00. The van der Waals surface area contributed by atoms with Gasteiger partial charge in [-0.25, -0.2) is 4.39 Å². The number of nitrogens with one attached hydrogen (secondary N) is 1. The molecule has 0 aromatic heterocycles. The van der Waals surface area contributed by atoms with Crippen LogP contribution in [-0.2, 0) is 0 Å². The minimum atomic E-state index is -1.09. The third kappa shape index (κ3) is 3.12. The Kier molecular flexibility index (Phi) is 4.31. The number of hydrogen-bond acceptors (Lipinski definition) is 4. The van der Waals surface area contributed by atoms with Crippen molar-refractivity contribution in [3.05, 3.63) is 29.6 Å². The second-order valence-electron chi connectivity index (χ2n) is 4.29. The summed E-state index contributed by atoms with van der Waals surface area (Å²) in [6, 6.07) is 3.19. The molecule has 0 aliphatic carbocycles. The molecule has 1 unspecified atom stereocenters. The number of carbonyl (C=O) groups is 1. The Bertz CT molecular complexity index is 519. The molecule has 0 bridgehead atoms. The molecule has 0 aliphatic rings. The summed E-state index contributed by atoms with van der Waals surface area (Å²) in [4.78, 5) is 11.9. The first-order valence-corrected chi connectivity index (χ1v) is 5.63. The van der Waals surface area contributed by atoms with E-state index in [-0.39, 0.29) is 17.1 Å². The van der Waals surface area contributed by atoms with E-state index in [4.69, 9.17) is 16.0 Å². The molecule has 0 saturated carbocycles. The number of nitrogens with two attached hydrogens (primary N) is 1. The number of rotatable bonds is 4. The molecule has 0 heterocycles. The second kappa shape index (κ2) is 5.55. The molecule has 7 heteroatoms. The highest BCUT2D eigenvalue weighted by Crippen LogP contribution is 2.17. The van der Waals surface area contributed by atoms with Gasteiger partial charge in [-0.2, -0.15) is 0 Å². The van der Waals surface area contributed by atoms with Gasteiger partial charge < -0.3 is 21.4 Å². The van der Waals surface area contributed by atoms with E-state index in [1.54, 1.807) is 13.8 Å². The van der Waals surface area contributed by atoms with E-state index in [1.165, 1.54) is 6.07 Å². The Morgan fingerprint density at radius 2 is 2.21 bits per heavy atom. The second-order valence-corrected chi connectivity index (χ2v) is 4.29.